The third kappa shape index (κ3) is 6.59. The number of nitrogens with zero attached hydrogens (tertiary/aromatic N) is 9. The summed E-state index contributed by atoms with van der Waals surface area (Å²) in [5.74, 6) is -0.707. The van der Waals surface area contributed by atoms with Crippen LogP contribution in [0.15, 0.2) is 54.7 Å². The zero-order valence-electron chi connectivity index (χ0n) is 29.8. The number of hydrogen-bond acceptors (Lipinski definition) is 9. The van der Waals surface area contributed by atoms with E-state index in [2.05, 4.69) is 35.8 Å². The van der Waals surface area contributed by atoms with Crippen molar-refractivity contribution in [3.63, 3.8) is 0 Å². The van der Waals surface area contributed by atoms with Crippen LogP contribution in [0, 0.1) is 0 Å². The van der Waals surface area contributed by atoms with Gasteiger partial charge < -0.3 is 16.0 Å². The average Bonchev–Trinajstić information content (AvgIpc) is 4.04. The van der Waals surface area contributed by atoms with Crippen LogP contribution >= 0.6 is 0 Å². The number of carbonyl (C=O) groups excluding carboxylic acids is 4. The molecule has 0 radical (unpaired) electrons. The van der Waals surface area contributed by atoms with Gasteiger partial charge in [-0.05, 0) is 75.9 Å². The SMILES string of the molecule is CCn1nc(C2CC2)cc1C(=O)Nc1nc2cc(C(N)=O)ccc2n1C/C=C/Cn1c(NC(=O)c2cc(C3CC3)nn2CC)nc2cc(C(N)=O)cnc21. The normalized spacial score (nSPS) is 14.3. The summed E-state index contributed by atoms with van der Waals surface area (Å²) in [4.78, 5) is 64.9. The summed E-state index contributed by atoms with van der Waals surface area (Å²) in [5.41, 5.74) is 16.2. The highest BCUT2D eigenvalue weighted by atomic mass is 16.2. The molecular formula is C37H39N13O4. The number of benzene rings is 1. The topological polar surface area (TPSA) is 229 Å². The largest absolute Gasteiger partial charge is 0.366 e. The highest BCUT2D eigenvalue weighted by molar-refractivity contribution is 6.04. The Morgan fingerprint density at radius 3 is 1.78 bits per heavy atom. The minimum atomic E-state index is -0.648. The second-order valence-electron chi connectivity index (χ2n) is 13.6. The Hall–Kier alpha value is -6.65. The molecule has 5 aromatic heterocycles. The zero-order valence-corrected chi connectivity index (χ0v) is 29.8. The summed E-state index contributed by atoms with van der Waals surface area (Å²) >= 11 is 0. The molecule has 0 atom stereocenters. The van der Waals surface area contributed by atoms with Gasteiger partial charge in [-0.3, -0.25) is 43.7 Å². The summed E-state index contributed by atoms with van der Waals surface area (Å²) in [7, 11) is 0. The standard InChI is InChI=1S/C37H39N13O4/c1-3-49-29(17-24(45-49)20-7-8-20)34(53)43-36-41-26-15-22(31(38)51)11-12-28(26)47(36)13-5-6-14-48-33-27(16-23(19-40-33)32(39)52)42-37(48)44-35(54)30-18-25(21-9-10-21)46-50(30)4-2/h5-6,11-12,15-21H,3-4,7-10,13-14H2,1-2H3,(H2,38,51)(H2,39,52)(H,41,43,53)(H,42,44,54)/b6-5+. The van der Waals surface area contributed by atoms with E-state index in [1.807, 2.05) is 42.7 Å². The first kappa shape index (κ1) is 34.4. The first-order valence-corrected chi connectivity index (χ1v) is 18.0. The van der Waals surface area contributed by atoms with E-state index in [0.717, 1.165) is 37.1 Å². The number of imidazole rings is 2. The molecule has 4 amide bonds. The smallest absolute Gasteiger partial charge is 0.276 e. The highest BCUT2D eigenvalue weighted by Gasteiger charge is 2.30. The molecule has 6 N–H and O–H groups in total. The molecule has 0 bridgehead atoms. The molecule has 5 heterocycles. The molecule has 0 saturated heterocycles. The van der Waals surface area contributed by atoms with Crippen LogP contribution in [0.25, 0.3) is 22.2 Å². The summed E-state index contributed by atoms with van der Waals surface area (Å²) in [6, 6.07) is 10.1. The lowest BCUT2D eigenvalue weighted by atomic mass is 10.2. The predicted molar refractivity (Wildman–Crippen MR) is 199 cm³/mol. The number of pyridine rings is 1. The van der Waals surface area contributed by atoms with E-state index >= 15 is 0 Å². The predicted octanol–water partition coefficient (Wildman–Crippen LogP) is 3.93. The monoisotopic (exact) mass is 729 g/mol. The second-order valence-corrected chi connectivity index (χ2v) is 13.6. The molecule has 54 heavy (non-hydrogen) atoms. The zero-order chi connectivity index (χ0) is 37.7. The molecule has 8 rings (SSSR count). The molecule has 0 spiro atoms. The van der Waals surface area contributed by atoms with Gasteiger partial charge in [0.25, 0.3) is 11.8 Å². The van der Waals surface area contributed by atoms with Gasteiger partial charge in [0.1, 0.15) is 16.9 Å². The molecule has 2 saturated carbocycles. The molecule has 0 unspecified atom stereocenters. The number of anilines is 2. The van der Waals surface area contributed by atoms with Gasteiger partial charge in [0.15, 0.2) is 5.65 Å². The maximum Gasteiger partial charge on any atom is 0.276 e. The molecule has 2 aliphatic rings. The number of amides is 4. The molecule has 17 nitrogen and oxygen atoms in total. The van der Waals surface area contributed by atoms with Crippen LogP contribution in [-0.4, -0.2) is 67.3 Å². The lowest BCUT2D eigenvalue weighted by molar-refractivity contribution is 0.0992. The van der Waals surface area contributed by atoms with E-state index in [9.17, 15) is 19.2 Å². The average molecular weight is 730 g/mol. The number of hydrogen-bond donors (Lipinski definition) is 4. The van der Waals surface area contributed by atoms with Crippen molar-refractivity contribution in [1.82, 2.24) is 43.6 Å². The van der Waals surface area contributed by atoms with Crippen molar-refractivity contribution in [1.29, 1.82) is 0 Å². The maximum atomic E-state index is 13.6. The minimum absolute atomic E-state index is 0.186. The van der Waals surface area contributed by atoms with Gasteiger partial charge in [-0.1, -0.05) is 12.2 Å². The van der Waals surface area contributed by atoms with Gasteiger partial charge in [0.2, 0.25) is 23.7 Å². The first-order chi connectivity index (χ1) is 26.1. The number of allylic oxidation sites excluding steroid dienone is 2. The number of primary amides is 2. The molecule has 2 fully saturated rings. The molecule has 6 aromatic rings. The van der Waals surface area contributed by atoms with Crippen LogP contribution in [0.2, 0.25) is 0 Å². The van der Waals surface area contributed by atoms with Crippen molar-refractivity contribution >= 4 is 57.7 Å². The van der Waals surface area contributed by atoms with Gasteiger partial charge in [-0.2, -0.15) is 10.2 Å². The molecule has 1 aromatic carbocycles. The second kappa shape index (κ2) is 13.7. The van der Waals surface area contributed by atoms with E-state index in [1.165, 1.54) is 12.3 Å². The van der Waals surface area contributed by atoms with Crippen molar-refractivity contribution < 1.29 is 19.2 Å². The summed E-state index contributed by atoms with van der Waals surface area (Å²) < 4.78 is 6.91. The third-order valence-electron chi connectivity index (χ3n) is 9.75. The first-order valence-electron chi connectivity index (χ1n) is 18.0. The lowest BCUT2D eigenvalue weighted by Gasteiger charge is -2.10. The molecular weight excluding hydrogens is 690 g/mol. The number of nitrogens with two attached hydrogens (primary N) is 2. The van der Waals surface area contributed by atoms with Crippen LogP contribution in [-0.2, 0) is 26.2 Å². The number of nitrogens with one attached hydrogen (secondary N) is 2. The Morgan fingerprint density at radius 2 is 1.24 bits per heavy atom. The quantitative estimate of drug-likeness (QED) is 0.119. The van der Waals surface area contributed by atoms with E-state index in [4.69, 9.17) is 11.5 Å². The Bertz CT molecular complexity index is 2340. The molecule has 276 valence electrons. The van der Waals surface area contributed by atoms with Crippen LogP contribution in [0.3, 0.4) is 0 Å². The fourth-order valence-electron chi connectivity index (χ4n) is 6.55. The number of carbonyl (C=O) groups is 4. The molecule has 2 aliphatic carbocycles. The number of aromatic nitrogens is 9. The Labute approximate surface area is 308 Å². The van der Waals surface area contributed by atoms with E-state index in [1.54, 1.807) is 32.1 Å². The number of aryl methyl sites for hydroxylation is 2. The Morgan fingerprint density at radius 1 is 0.722 bits per heavy atom. The maximum absolute atomic E-state index is 13.6. The summed E-state index contributed by atoms with van der Waals surface area (Å²) in [6.07, 6.45) is 9.35. The van der Waals surface area contributed by atoms with Crippen molar-refractivity contribution in [2.24, 2.45) is 11.5 Å². The van der Waals surface area contributed by atoms with E-state index in [0.29, 0.717) is 58.5 Å². The van der Waals surface area contributed by atoms with Gasteiger partial charge in [-0.15, -0.1) is 0 Å². The number of rotatable bonds is 14. The third-order valence-corrected chi connectivity index (χ3v) is 9.75. The van der Waals surface area contributed by atoms with Crippen molar-refractivity contribution in [2.75, 3.05) is 10.6 Å². The summed E-state index contributed by atoms with van der Waals surface area (Å²) in [5, 5.41) is 15.1. The van der Waals surface area contributed by atoms with Crippen molar-refractivity contribution in [3.05, 3.63) is 88.6 Å². The van der Waals surface area contributed by atoms with Crippen molar-refractivity contribution in [3.8, 4) is 0 Å². The number of fused-ring (bicyclic) bond motifs is 2. The molecule has 17 heteroatoms. The summed E-state index contributed by atoms with van der Waals surface area (Å²) in [6.45, 7) is 5.42. The minimum Gasteiger partial charge on any atom is -0.366 e. The van der Waals surface area contributed by atoms with E-state index < -0.39 is 11.8 Å². The van der Waals surface area contributed by atoms with Gasteiger partial charge in [0.05, 0.1) is 28.0 Å². The lowest BCUT2D eigenvalue weighted by Crippen LogP contribution is -2.20. The Kier molecular flexibility index (Phi) is 8.75. The molecule has 0 aliphatic heterocycles. The van der Waals surface area contributed by atoms with Gasteiger partial charge in [0, 0.05) is 49.8 Å². The van der Waals surface area contributed by atoms with Crippen LogP contribution in [0.1, 0.15) is 104 Å². The van der Waals surface area contributed by atoms with Gasteiger partial charge >= 0.3 is 0 Å². The van der Waals surface area contributed by atoms with E-state index in [-0.39, 0.29) is 47.9 Å². The highest BCUT2D eigenvalue weighted by Crippen LogP contribution is 2.40. The fourth-order valence-corrected chi connectivity index (χ4v) is 6.55. The van der Waals surface area contributed by atoms with Crippen LogP contribution in [0.5, 0.6) is 0 Å². The van der Waals surface area contributed by atoms with Crippen LogP contribution < -0.4 is 22.1 Å². The fraction of sp³-hybridized carbons (Fsp3) is 0.324. The van der Waals surface area contributed by atoms with Crippen LogP contribution in [0.4, 0.5) is 11.9 Å². The Balaban J connectivity index is 1.09. The van der Waals surface area contributed by atoms with Crippen molar-refractivity contribution in [2.45, 2.75) is 77.5 Å². The van der Waals surface area contributed by atoms with Gasteiger partial charge in [-0.25, -0.2) is 15.0 Å².